The fourth-order valence-corrected chi connectivity index (χ4v) is 1.66. The first kappa shape index (κ1) is 7.94. The lowest BCUT2D eigenvalue weighted by Gasteiger charge is -2.02. The number of halogens is 1. The molecular formula is C7H9BrN4. The van der Waals surface area contributed by atoms with E-state index in [9.17, 15) is 0 Å². The first-order valence-corrected chi connectivity index (χ1v) is 4.60. The Bertz CT molecular complexity index is 297. The number of anilines is 1. The molecule has 2 rings (SSSR count). The van der Waals surface area contributed by atoms with Crippen molar-refractivity contribution in [2.24, 2.45) is 5.84 Å². The molecule has 12 heavy (non-hydrogen) atoms. The van der Waals surface area contributed by atoms with Gasteiger partial charge in [0.05, 0.1) is 0 Å². The average molecular weight is 229 g/mol. The number of hydrogen-bond acceptors (Lipinski definition) is 4. The van der Waals surface area contributed by atoms with Gasteiger partial charge in [0.2, 0.25) is 0 Å². The molecule has 1 aromatic rings. The molecule has 1 heterocycles. The van der Waals surface area contributed by atoms with Gasteiger partial charge in [-0.05, 0) is 46.3 Å². The molecule has 1 aliphatic carbocycles. The van der Waals surface area contributed by atoms with Crippen LogP contribution in [0, 0.1) is 0 Å². The minimum Gasteiger partial charge on any atom is -0.307 e. The molecule has 0 unspecified atom stereocenters. The van der Waals surface area contributed by atoms with E-state index in [1.807, 2.05) is 6.07 Å². The van der Waals surface area contributed by atoms with Crippen LogP contribution in [0.15, 0.2) is 10.7 Å². The van der Waals surface area contributed by atoms with Crippen molar-refractivity contribution in [3.8, 4) is 0 Å². The summed E-state index contributed by atoms with van der Waals surface area (Å²) in [6, 6.07) is 1.94. The number of nitrogens with zero attached hydrogens (tertiary/aromatic N) is 2. The molecule has 4 nitrogen and oxygen atoms in total. The van der Waals surface area contributed by atoms with E-state index < -0.39 is 0 Å². The summed E-state index contributed by atoms with van der Waals surface area (Å²) in [5.41, 5.74) is 3.69. The summed E-state index contributed by atoms with van der Waals surface area (Å²) >= 11 is 3.36. The van der Waals surface area contributed by atoms with Crippen LogP contribution >= 0.6 is 15.9 Å². The zero-order valence-corrected chi connectivity index (χ0v) is 8.00. The van der Waals surface area contributed by atoms with E-state index in [0.29, 0.717) is 11.7 Å². The van der Waals surface area contributed by atoms with E-state index in [2.05, 4.69) is 31.6 Å². The normalized spacial score (nSPS) is 16.2. The molecule has 0 atom stereocenters. The first-order chi connectivity index (χ1) is 5.81. The highest BCUT2D eigenvalue weighted by atomic mass is 79.9. The van der Waals surface area contributed by atoms with Crippen LogP contribution in [0.3, 0.4) is 0 Å². The molecule has 0 aromatic carbocycles. The Kier molecular flexibility index (Phi) is 1.98. The third kappa shape index (κ3) is 1.42. The lowest BCUT2D eigenvalue weighted by atomic mass is 10.2. The third-order valence-corrected chi connectivity index (χ3v) is 2.56. The lowest BCUT2D eigenvalue weighted by molar-refractivity contribution is 0.947. The Morgan fingerprint density at radius 2 is 2.25 bits per heavy atom. The molecule has 0 aliphatic heterocycles. The molecule has 0 radical (unpaired) electrons. The molecule has 1 aromatic heterocycles. The summed E-state index contributed by atoms with van der Waals surface area (Å²) < 4.78 is 0.837. The Hall–Kier alpha value is -0.680. The van der Waals surface area contributed by atoms with Crippen molar-refractivity contribution in [3.63, 3.8) is 0 Å². The van der Waals surface area contributed by atoms with Crippen molar-refractivity contribution in [1.82, 2.24) is 10.2 Å². The van der Waals surface area contributed by atoms with E-state index in [0.717, 1.165) is 4.60 Å². The van der Waals surface area contributed by atoms with E-state index in [1.54, 1.807) is 0 Å². The van der Waals surface area contributed by atoms with Gasteiger partial charge >= 0.3 is 0 Å². The van der Waals surface area contributed by atoms with Crippen LogP contribution in [0.4, 0.5) is 5.82 Å². The van der Waals surface area contributed by atoms with Crippen molar-refractivity contribution < 1.29 is 0 Å². The van der Waals surface area contributed by atoms with Crippen LogP contribution in [0.25, 0.3) is 0 Å². The standard InChI is InChI=1S/C7H9BrN4/c8-7-5(4-1-2-4)3-6(10-9)11-12-7/h3-4H,1-2,9H2,(H,10,11). The monoisotopic (exact) mass is 228 g/mol. The fraction of sp³-hybridized carbons (Fsp3) is 0.429. The Morgan fingerprint density at radius 1 is 1.50 bits per heavy atom. The predicted molar refractivity (Wildman–Crippen MR) is 49.5 cm³/mol. The summed E-state index contributed by atoms with van der Waals surface area (Å²) in [6.07, 6.45) is 2.49. The van der Waals surface area contributed by atoms with Gasteiger partial charge in [-0.25, -0.2) is 5.84 Å². The van der Waals surface area contributed by atoms with Crippen molar-refractivity contribution in [2.45, 2.75) is 18.8 Å². The predicted octanol–water partition coefficient (Wildman–Crippen LogP) is 1.40. The molecule has 0 saturated heterocycles. The van der Waals surface area contributed by atoms with Crippen LogP contribution in [-0.2, 0) is 0 Å². The summed E-state index contributed by atoms with van der Waals surface area (Å²) in [4.78, 5) is 0. The minimum absolute atomic E-state index is 0.625. The zero-order valence-electron chi connectivity index (χ0n) is 6.42. The smallest absolute Gasteiger partial charge is 0.162 e. The molecule has 3 N–H and O–H groups in total. The van der Waals surface area contributed by atoms with Crippen molar-refractivity contribution in [2.75, 3.05) is 5.43 Å². The fourth-order valence-electron chi connectivity index (χ4n) is 1.14. The number of aromatic nitrogens is 2. The molecule has 5 heteroatoms. The maximum Gasteiger partial charge on any atom is 0.162 e. The Labute approximate surface area is 78.7 Å². The zero-order chi connectivity index (χ0) is 8.55. The molecule has 0 spiro atoms. The Balaban J connectivity index is 2.36. The van der Waals surface area contributed by atoms with E-state index in [-0.39, 0.29) is 0 Å². The van der Waals surface area contributed by atoms with E-state index >= 15 is 0 Å². The SMILES string of the molecule is NNc1cc(C2CC2)c(Br)nn1. The maximum absolute atomic E-state index is 5.22. The van der Waals surface area contributed by atoms with Crippen LogP contribution in [-0.4, -0.2) is 10.2 Å². The second-order valence-corrected chi connectivity index (χ2v) is 3.65. The van der Waals surface area contributed by atoms with Gasteiger partial charge in [-0.15, -0.1) is 10.2 Å². The average Bonchev–Trinajstić information content (AvgIpc) is 2.88. The molecule has 1 saturated carbocycles. The van der Waals surface area contributed by atoms with Gasteiger partial charge in [-0.1, -0.05) is 0 Å². The highest BCUT2D eigenvalue weighted by Gasteiger charge is 2.26. The van der Waals surface area contributed by atoms with Gasteiger partial charge in [0.15, 0.2) is 5.82 Å². The molecule has 1 aliphatic rings. The van der Waals surface area contributed by atoms with Crippen LogP contribution in [0.2, 0.25) is 0 Å². The summed E-state index contributed by atoms with van der Waals surface area (Å²) in [5, 5.41) is 7.77. The minimum atomic E-state index is 0.625. The summed E-state index contributed by atoms with van der Waals surface area (Å²) in [7, 11) is 0. The van der Waals surface area contributed by atoms with Gasteiger partial charge in [0.25, 0.3) is 0 Å². The summed E-state index contributed by atoms with van der Waals surface area (Å²) in [5.74, 6) is 6.50. The second-order valence-electron chi connectivity index (χ2n) is 2.89. The van der Waals surface area contributed by atoms with Gasteiger partial charge in [-0.3, -0.25) is 0 Å². The largest absolute Gasteiger partial charge is 0.307 e. The molecular weight excluding hydrogens is 220 g/mol. The molecule has 64 valence electrons. The molecule has 1 fully saturated rings. The second kappa shape index (κ2) is 2.99. The van der Waals surface area contributed by atoms with Gasteiger partial charge in [-0.2, -0.15) is 0 Å². The number of hydrazine groups is 1. The van der Waals surface area contributed by atoms with Crippen LogP contribution in [0.5, 0.6) is 0 Å². The topological polar surface area (TPSA) is 63.8 Å². The maximum atomic E-state index is 5.22. The lowest BCUT2D eigenvalue weighted by Crippen LogP contribution is -2.09. The molecule has 0 bridgehead atoms. The number of nitrogen functional groups attached to an aromatic ring is 1. The van der Waals surface area contributed by atoms with Crippen molar-refractivity contribution in [3.05, 3.63) is 16.2 Å². The van der Waals surface area contributed by atoms with Gasteiger partial charge < -0.3 is 5.43 Å². The van der Waals surface area contributed by atoms with Gasteiger partial charge in [0.1, 0.15) is 4.60 Å². The highest BCUT2D eigenvalue weighted by molar-refractivity contribution is 9.10. The van der Waals surface area contributed by atoms with E-state index in [1.165, 1.54) is 18.4 Å². The third-order valence-electron chi connectivity index (χ3n) is 1.94. The number of rotatable bonds is 2. The van der Waals surface area contributed by atoms with E-state index in [4.69, 9.17) is 5.84 Å². The van der Waals surface area contributed by atoms with Crippen molar-refractivity contribution in [1.29, 1.82) is 0 Å². The van der Waals surface area contributed by atoms with Crippen LogP contribution < -0.4 is 11.3 Å². The van der Waals surface area contributed by atoms with Crippen molar-refractivity contribution >= 4 is 21.7 Å². The quantitative estimate of drug-likeness (QED) is 0.594. The highest BCUT2D eigenvalue weighted by Crippen LogP contribution is 2.42. The number of hydrogen-bond donors (Lipinski definition) is 2. The van der Waals surface area contributed by atoms with Gasteiger partial charge in [0, 0.05) is 0 Å². The summed E-state index contributed by atoms with van der Waals surface area (Å²) in [6.45, 7) is 0. The van der Waals surface area contributed by atoms with Crippen LogP contribution in [0.1, 0.15) is 24.3 Å². The molecule has 0 amide bonds. The number of nitrogens with one attached hydrogen (secondary N) is 1. The first-order valence-electron chi connectivity index (χ1n) is 3.81. The Morgan fingerprint density at radius 3 is 2.83 bits per heavy atom. The number of nitrogens with two attached hydrogens (primary N) is 1.